The zero-order chi connectivity index (χ0) is 17.4. The fourth-order valence-corrected chi connectivity index (χ4v) is 2.78. The number of piperidine rings is 1. The van der Waals surface area contributed by atoms with Gasteiger partial charge in [0.05, 0.1) is 6.54 Å². The largest absolute Gasteiger partial charge is 0.338 e. The number of hydrogen-bond acceptors (Lipinski definition) is 2. The molecule has 128 valence electrons. The number of carbonyl (C=O) groups is 2. The molecule has 1 saturated heterocycles. The molecule has 2 N–H and O–H groups in total. The van der Waals surface area contributed by atoms with Crippen LogP contribution in [0.2, 0.25) is 0 Å². The van der Waals surface area contributed by atoms with Gasteiger partial charge in [0.15, 0.2) is 0 Å². The molecule has 0 bridgehead atoms. The number of rotatable bonds is 3. The molecule has 0 radical (unpaired) electrons. The summed E-state index contributed by atoms with van der Waals surface area (Å²) in [6.07, 6.45) is 3.22. The van der Waals surface area contributed by atoms with Gasteiger partial charge in [0.25, 0.3) is 0 Å². The summed E-state index contributed by atoms with van der Waals surface area (Å²) in [5, 5.41) is 5.35. The molecule has 1 aromatic rings. The first kappa shape index (κ1) is 17.9. The predicted molar refractivity (Wildman–Crippen MR) is 94.3 cm³/mol. The van der Waals surface area contributed by atoms with Crippen LogP contribution in [0.1, 0.15) is 38.7 Å². The molecule has 3 amide bonds. The van der Waals surface area contributed by atoms with Gasteiger partial charge in [-0.2, -0.15) is 0 Å². The second-order valence-electron chi connectivity index (χ2n) is 6.09. The van der Waals surface area contributed by atoms with Gasteiger partial charge in [-0.05, 0) is 45.2 Å². The number of urea groups is 1. The fourth-order valence-electron chi connectivity index (χ4n) is 2.78. The summed E-state index contributed by atoms with van der Waals surface area (Å²) < 4.78 is 0. The number of nitrogens with one attached hydrogen (secondary N) is 2. The summed E-state index contributed by atoms with van der Waals surface area (Å²) in [5.41, 5.74) is 0.905. The molecule has 5 nitrogen and oxygen atoms in total. The van der Waals surface area contributed by atoms with E-state index in [1.54, 1.807) is 6.92 Å². The maximum Gasteiger partial charge on any atom is 0.316 e. The molecule has 5 heteroatoms. The Bertz CT molecular complexity index is 618. The van der Waals surface area contributed by atoms with Crippen molar-refractivity contribution in [2.24, 2.45) is 0 Å². The lowest BCUT2D eigenvalue weighted by atomic mass is 10.0. The van der Waals surface area contributed by atoms with Crippen LogP contribution in [0.3, 0.4) is 0 Å². The number of hydrogen-bond donors (Lipinski definition) is 2. The minimum atomic E-state index is -0.535. The lowest BCUT2D eigenvalue weighted by molar-refractivity contribution is -0.136. The molecule has 0 unspecified atom stereocenters. The summed E-state index contributed by atoms with van der Waals surface area (Å²) in [4.78, 5) is 26.2. The standard InChI is InChI=1S/C19H25N3O2/c1-15-9-6-7-14-22(15)18(23)16(2)21-19(24)20-13-8-12-17-10-4-3-5-11-17/h3-5,10-11,15-16H,6-7,9,13-14H2,1-2H3,(H2,20,21,24)/t15-,16+/m0/s1. The normalized spacial score (nSPS) is 18.1. The molecule has 2 rings (SSSR count). The lowest BCUT2D eigenvalue weighted by Crippen LogP contribution is -2.53. The Morgan fingerprint density at radius 1 is 1.29 bits per heavy atom. The van der Waals surface area contributed by atoms with Gasteiger partial charge >= 0.3 is 6.03 Å². The van der Waals surface area contributed by atoms with Crippen LogP contribution in [0.4, 0.5) is 4.79 Å². The number of amides is 3. The van der Waals surface area contributed by atoms with Crippen molar-refractivity contribution in [3.63, 3.8) is 0 Å². The smallest absolute Gasteiger partial charge is 0.316 e. The molecule has 0 aromatic heterocycles. The summed E-state index contributed by atoms with van der Waals surface area (Å²) in [5.74, 6) is 5.83. The number of nitrogens with zero attached hydrogens (tertiary/aromatic N) is 1. The summed E-state index contributed by atoms with van der Waals surface area (Å²) in [7, 11) is 0. The van der Waals surface area contributed by atoms with Crippen molar-refractivity contribution in [1.29, 1.82) is 0 Å². The van der Waals surface area contributed by atoms with Crippen LogP contribution in [0.25, 0.3) is 0 Å². The Morgan fingerprint density at radius 3 is 2.75 bits per heavy atom. The van der Waals surface area contributed by atoms with Crippen molar-refractivity contribution in [1.82, 2.24) is 15.5 Å². The topological polar surface area (TPSA) is 61.4 Å². The highest BCUT2D eigenvalue weighted by molar-refractivity contribution is 5.87. The van der Waals surface area contributed by atoms with Crippen LogP contribution in [0, 0.1) is 11.8 Å². The van der Waals surface area contributed by atoms with Gasteiger partial charge in [-0.3, -0.25) is 4.79 Å². The molecular formula is C19H25N3O2. The highest BCUT2D eigenvalue weighted by Crippen LogP contribution is 2.17. The van der Waals surface area contributed by atoms with Gasteiger partial charge in [-0.25, -0.2) is 4.79 Å². The number of benzene rings is 1. The van der Waals surface area contributed by atoms with Crippen LogP contribution in [-0.4, -0.2) is 42.0 Å². The van der Waals surface area contributed by atoms with Crippen LogP contribution in [0.15, 0.2) is 30.3 Å². The monoisotopic (exact) mass is 327 g/mol. The molecule has 1 aromatic carbocycles. The third-order valence-corrected chi connectivity index (χ3v) is 4.15. The van der Waals surface area contributed by atoms with Crippen LogP contribution in [0.5, 0.6) is 0 Å². The molecule has 1 aliphatic heterocycles. The zero-order valence-electron chi connectivity index (χ0n) is 14.3. The fraction of sp³-hybridized carbons (Fsp3) is 0.474. The molecule has 0 spiro atoms. The maximum atomic E-state index is 12.4. The van der Waals surface area contributed by atoms with E-state index in [4.69, 9.17) is 0 Å². The maximum absolute atomic E-state index is 12.4. The van der Waals surface area contributed by atoms with Gasteiger partial charge in [0.2, 0.25) is 5.91 Å². The average Bonchev–Trinajstić information content (AvgIpc) is 2.59. The van der Waals surface area contributed by atoms with E-state index in [0.717, 1.165) is 31.4 Å². The van der Waals surface area contributed by atoms with Crippen molar-refractivity contribution in [2.75, 3.05) is 13.1 Å². The van der Waals surface area contributed by atoms with Crippen LogP contribution in [-0.2, 0) is 4.79 Å². The van der Waals surface area contributed by atoms with E-state index in [0.29, 0.717) is 0 Å². The SMILES string of the molecule is C[C@@H](NC(=O)NCC#Cc1ccccc1)C(=O)N1CCCC[C@@H]1C. The van der Waals surface area contributed by atoms with Crippen molar-refractivity contribution in [2.45, 2.75) is 45.2 Å². The molecular weight excluding hydrogens is 302 g/mol. The Balaban J connectivity index is 1.75. The molecule has 0 aliphatic carbocycles. The number of likely N-dealkylation sites (tertiary alicyclic amines) is 1. The second-order valence-corrected chi connectivity index (χ2v) is 6.09. The summed E-state index contributed by atoms with van der Waals surface area (Å²) in [6.45, 7) is 4.79. The predicted octanol–water partition coefficient (Wildman–Crippen LogP) is 2.13. The van der Waals surface area contributed by atoms with E-state index < -0.39 is 6.04 Å². The third-order valence-electron chi connectivity index (χ3n) is 4.15. The van der Waals surface area contributed by atoms with Crippen molar-refractivity contribution in [3.8, 4) is 11.8 Å². The first-order valence-corrected chi connectivity index (χ1v) is 8.46. The highest BCUT2D eigenvalue weighted by Gasteiger charge is 2.27. The minimum Gasteiger partial charge on any atom is -0.338 e. The van der Waals surface area contributed by atoms with Crippen molar-refractivity contribution >= 4 is 11.9 Å². The van der Waals surface area contributed by atoms with Gasteiger partial charge in [-0.1, -0.05) is 30.0 Å². The van der Waals surface area contributed by atoms with Gasteiger partial charge in [0.1, 0.15) is 6.04 Å². The van der Waals surface area contributed by atoms with Crippen LogP contribution < -0.4 is 10.6 Å². The quantitative estimate of drug-likeness (QED) is 0.836. The first-order valence-electron chi connectivity index (χ1n) is 8.46. The number of carbonyl (C=O) groups excluding carboxylic acids is 2. The van der Waals surface area contributed by atoms with Crippen molar-refractivity contribution < 1.29 is 9.59 Å². The Morgan fingerprint density at radius 2 is 2.04 bits per heavy atom. The Kier molecular flexibility index (Phi) is 6.68. The van der Waals surface area contributed by atoms with Gasteiger partial charge < -0.3 is 15.5 Å². The molecule has 2 atom stereocenters. The van der Waals surface area contributed by atoms with Crippen LogP contribution >= 0.6 is 0 Å². The highest BCUT2D eigenvalue weighted by atomic mass is 16.2. The van der Waals surface area contributed by atoms with E-state index in [2.05, 4.69) is 29.4 Å². The Labute approximate surface area is 143 Å². The zero-order valence-corrected chi connectivity index (χ0v) is 14.3. The first-order chi connectivity index (χ1) is 11.6. The molecule has 24 heavy (non-hydrogen) atoms. The molecule has 1 heterocycles. The van der Waals surface area contributed by atoms with Gasteiger partial charge in [-0.15, -0.1) is 0 Å². The Hall–Kier alpha value is -2.48. The van der Waals surface area contributed by atoms with E-state index in [1.165, 1.54) is 0 Å². The van der Waals surface area contributed by atoms with E-state index in [1.807, 2.05) is 35.2 Å². The summed E-state index contributed by atoms with van der Waals surface area (Å²) in [6, 6.07) is 8.92. The summed E-state index contributed by atoms with van der Waals surface area (Å²) >= 11 is 0. The minimum absolute atomic E-state index is 0.0206. The van der Waals surface area contributed by atoms with E-state index >= 15 is 0 Å². The third kappa shape index (κ3) is 5.31. The molecule has 1 fully saturated rings. The average molecular weight is 327 g/mol. The van der Waals surface area contributed by atoms with E-state index in [9.17, 15) is 9.59 Å². The van der Waals surface area contributed by atoms with Crippen molar-refractivity contribution in [3.05, 3.63) is 35.9 Å². The molecule has 0 saturated carbocycles. The second kappa shape index (κ2) is 8.97. The molecule has 1 aliphatic rings. The van der Waals surface area contributed by atoms with E-state index in [-0.39, 0.29) is 24.5 Å². The lowest BCUT2D eigenvalue weighted by Gasteiger charge is -2.35. The van der Waals surface area contributed by atoms with Gasteiger partial charge in [0, 0.05) is 18.2 Å².